The van der Waals surface area contributed by atoms with E-state index >= 15 is 0 Å². The molecule has 0 bridgehead atoms. The lowest BCUT2D eigenvalue weighted by atomic mass is 9.83. The first-order valence-electron chi connectivity index (χ1n) is 16.5. The van der Waals surface area contributed by atoms with Crippen molar-refractivity contribution in [3.8, 4) is 16.9 Å². The number of aliphatic hydroxyl groups is 1. The lowest BCUT2D eigenvalue weighted by Gasteiger charge is -2.33. The molecule has 3 N–H and O–H groups in total. The third kappa shape index (κ3) is 8.03. The number of hydrogen-bond acceptors (Lipinski definition) is 6. The van der Waals surface area contributed by atoms with E-state index in [0.717, 1.165) is 26.7 Å². The molecule has 7 nitrogen and oxygen atoms in total. The van der Waals surface area contributed by atoms with Crippen LogP contribution in [0.1, 0.15) is 53.3 Å². The van der Waals surface area contributed by atoms with Gasteiger partial charge in [0.2, 0.25) is 5.91 Å². The van der Waals surface area contributed by atoms with E-state index in [0.29, 0.717) is 29.8 Å². The van der Waals surface area contributed by atoms with Crippen LogP contribution in [0.3, 0.4) is 0 Å². The van der Waals surface area contributed by atoms with Gasteiger partial charge in [-0.2, -0.15) is 0 Å². The minimum atomic E-state index is -1.09. The Balaban J connectivity index is 1.37. The lowest BCUT2D eigenvalue weighted by Crippen LogP contribution is -2.45. The van der Waals surface area contributed by atoms with Gasteiger partial charge in [-0.25, -0.2) is 4.39 Å². The number of halogens is 2. The molecule has 5 aromatic rings. The quantitative estimate of drug-likeness (QED) is 0.119. The summed E-state index contributed by atoms with van der Waals surface area (Å²) < 4.78 is 26.7. The Morgan fingerprint density at radius 1 is 0.920 bits per heavy atom. The molecule has 5 unspecified atom stereocenters. The van der Waals surface area contributed by atoms with Gasteiger partial charge in [-0.05, 0) is 71.0 Å². The van der Waals surface area contributed by atoms with E-state index in [1.165, 1.54) is 29.2 Å². The molecule has 1 aliphatic rings. The standard InChI is InChI=1S/C41H38BrFN2O5/c42-30-17-20-33(38(23-30)49-25-27-9-3-1-4-10-27)32-13-7-8-14-34(32)40(44)35(21-22-37(47)29-15-18-31(43)19-16-29)41(48)45-36(26-50-39(45)24-46)28-11-5-2-6-12-28/h1-20,23-24,35-37,39-40,47H,21-22,25-26,44H2. The van der Waals surface area contributed by atoms with E-state index in [1.807, 2.05) is 103 Å². The number of amides is 1. The van der Waals surface area contributed by atoms with Gasteiger partial charge >= 0.3 is 0 Å². The van der Waals surface area contributed by atoms with Crippen molar-refractivity contribution in [2.45, 2.75) is 43.9 Å². The molecular weight excluding hydrogens is 699 g/mol. The van der Waals surface area contributed by atoms with Crippen LogP contribution in [0.2, 0.25) is 0 Å². The molecule has 5 aromatic carbocycles. The molecular formula is C41H38BrFN2O5. The number of ether oxygens (including phenoxy) is 2. The summed E-state index contributed by atoms with van der Waals surface area (Å²) in [7, 11) is 0. The van der Waals surface area contributed by atoms with Gasteiger partial charge in [0.15, 0.2) is 12.5 Å². The number of benzene rings is 5. The first kappa shape index (κ1) is 35.2. The maximum atomic E-state index is 14.8. The average Bonchev–Trinajstić information content (AvgIpc) is 3.59. The van der Waals surface area contributed by atoms with Crippen molar-refractivity contribution in [2.24, 2.45) is 11.7 Å². The van der Waals surface area contributed by atoms with Gasteiger partial charge in [0.25, 0.3) is 0 Å². The van der Waals surface area contributed by atoms with Crippen molar-refractivity contribution in [3.63, 3.8) is 0 Å². The first-order valence-corrected chi connectivity index (χ1v) is 17.3. The molecule has 5 atom stereocenters. The van der Waals surface area contributed by atoms with Crippen molar-refractivity contribution >= 4 is 28.1 Å². The molecule has 1 amide bonds. The first-order chi connectivity index (χ1) is 24.3. The Morgan fingerprint density at radius 2 is 1.60 bits per heavy atom. The number of carbonyl (C=O) groups is 2. The van der Waals surface area contributed by atoms with Gasteiger partial charge < -0.3 is 25.2 Å². The van der Waals surface area contributed by atoms with Crippen LogP contribution >= 0.6 is 15.9 Å². The smallest absolute Gasteiger partial charge is 0.230 e. The second-order valence-electron chi connectivity index (χ2n) is 12.3. The molecule has 0 radical (unpaired) electrons. The van der Waals surface area contributed by atoms with Crippen molar-refractivity contribution < 1.29 is 28.6 Å². The van der Waals surface area contributed by atoms with Crippen LogP contribution in [0.5, 0.6) is 5.75 Å². The van der Waals surface area contributed by atoms with E-state index in [4.69, 9.17) is 15.2 Å². The second kappa shape index (κ2) is 16.4. The molecule has 0 aromatic heterocycles. The van der Waals surface area contributed by atoms with Crippen LogP contribution < -0.4 is 10.5 Å². The Hall–Kier alpha value is -4.67. The Morgan fingerprint density at radius 3 is 2.32 bits per heavy atom. The highest BCUT2D eigenvalue weighted by Crippen LogP contribution is 2.41. The van der Waals surface area contributed by atoms with Gasteiger partial charge in [-0.3, -0.25) is 9.59 Å². The zero-order valence-electron chi connectivity index (χ0n) is 27.3. The third-order valence-electron chi connectivity index (χ3n) is 9.14. The van der Waals surface area contributed by atoms with Crippen molar-refractivity contribution in [2.75, 3.05) is 6.61 Å². The van der Waals surface area contributed by atoms with Crippen LogP contribution in [0.25, 0.3) is 11.1 Å². The highest BCUT2D eigenvalue weighted by atomic mass is 79.9. The Bertz CT molecular complexity index is 1890. The van der Waals surface area contributed by atoms with Crippen LogP contribution in [0.15, 0.2) is 132 Å². The lowest BCUT2D eigenvalue weighted by molar-refractivity contribution is -0.147. The normalized spacial score (nSPS) is 17.6. The summed E-state index contributed by atoms with van der Waals surface area (Å²) in [6.45, 7) is 0.501. The minimum absolute atomic E-state index is 0.150. The number of hydrogen-bond donors (Lipinski definition) is 2. The van der Waals surface area contributed by atoms with Gasteiger partial charge in [-0.15, -0.1) is 0 Å². The zero-order valence-corrected chi connectivity index (χ0v) is 28.9. The number of aliphatic hydroxyl groups excluding tert-OH is 1. The largest absolute Gasteiger partial charge is 0.488 e. The van der Waals surface area contributed by atoms with E-state index < -0.39 is 36.2 Å². The van der Waals surface area contributed by atoms with E-state index in [9.17, 15) is 19.1 Å². The van der Waals surface area contributed by atoms with Gasteiger partial charge in [0.05, 0.1) is 24.7 Å². The average molecular weight is 738 g/mol. The molecule has 9 heteroatoms. The molecule has 256 valence electrons. The molecule has 1 aliphatic heterocycles. The van der Waals surface area contributed by atoms with E-state index in [2.05, 4.69) is 15.9 Å². The highest BCUT2D eigenvalue weighted by Gasteiger charge is 2.43. The number of nitrogens with zero attached hydrogens (tertiary/aromatic N) is 1. The topological polar surface area (TPSA) is 102 Å². The number of aldehydes is 1. The SMILES string of the molecule is NC(c1ccccc1-c1ccc(Br)cc1OCc1ccccc1)C(CCC(O)c1ccc(F)cc1)C(=O)N1C(C=O)OCC1c1ccccc1. The molecule has 0 aliphatic carbocycles. The summed E-state index contributed by atoms with van der Waals surface area (Å²) in [5.74, 6) is -1.01. The summed E-state index contributed by atoms with van der Waals surface area (Å²) in [4.78, 5) is 28.5. The van der Waals surface area contributed by atoms with E-state index in [-0.39, 0.29) is 25.4 Å². The Kier molecular flexibility index (Phi) is 11.5. The molecule has 50 heavy (non-hydrogen) atoms. The van der Waals surface area contributed by atoms with Crippen LogP contribution in [-0.4, -0.2) is 35.0 Å². The number of rotatable bonds is 13. The molecule has 1 heterocycles. The van der Waals surface area contributed by atoms with Gasteiger partial charge in [0.1, 0.15) is 18.2 Å². The van der Waals surface area contributed by atoms with Gasteiger partial charge in [0, 0.05) is 16.1 Å². The fourth-order valence-corrected chi connectivity index (χ4v) is 6.84. The van der Waals surface area contributed by atoms with Crippen LogP contribution in [0, 0.1) is 11.7 Å². The van der Waals surface area contributed by atoms with Crippen molar-refractivity contribution in [3.05, 3.63) is 160 Å². The molecule has 6 rings (SSSR count). The minimum Gasteiger partial charge on any atom is -0.488 e. The third-order valence-corrected chi connectivity index (χ3v) is 9.63. The second-order valence-corrected chi connectivity index (χ2v) is 13.2. The van der Waals surface area contributed by atoms with Crippen molar-refractivity contribution in [1.82, 2.24) is 4.90 Å². The predicted octanol–water partition coefficient (Wildman–Crippen LogP) is 8.09. The summed E-state index contributed by atoms with van der Waals surface area (Å²) in [5, 5.41) is 11.1. The van der Waals surface area contributed by atoms with Gasteiger partial charge in [-0.1, -0.05) is 113 Å². The highest BCUT2D eigenvalue weighted by molar-refractivity contribution is 9.10. The number of carbonyl (C=O) groups excluding carboxylic acids is 2. The zero-order chi connectivity index (χ0) is 35.0. The maximum absolute atomic E-state index is 14.8. The maximum Gasteiger partial charge on any atom is 0.230 e. The van der Waals surface area contributed by atoms with E-state index in [1.54, 1.807) is 0 Å². The summed E-state index contributed by atoms with van der Waals surface area (Å²) in [6, 6.07) is 37.0. The monoisotopic (exact) mass is 736 g/mol. The molecule has 0 spiro atoms. The molecule has 1 saturated heterocycles. The summed E-state index contributed by atoms with van der Waals surface area (Å²) in [5.41, 5.74) is 11.8. The fraction of sp³-hybridized carbons (Fsp3) is 0.220. The van der Waals surface area contributed by atoms with Crippen LogP contribution in [-0.2, 0) is 20.9 Å². The predicted molar refractivity (Wildman–Crippen MR) is 193 cm³/mol. The molecule has 1 fully saturated rings. The summed E-state index contributed by atoms with van der Waals surface area (Å²) in [6.07, 6.45) is -1.10. The van der Waals surface area contributed by atoms with Crippen LogP contribution in [0.4, 0.5) is 4.39 Å². The molecule has 0 saturated carbocycles. The fourth-order valence-electron chi connectivity index (χ4n) is 6.50. The Labute approximate surface area is 299 Å². The van der Waals surface area contributed by atoms with Crippen molar-refractivity contribution in [1.29, 1.82) is 0 Å². The summed E-state index contributed by atoms with van der Waals surface area (Å²) >= 11 is 3.58. The number of nitrogens with two attached hydrogens (primary N) is 1.